The summed E-state index contributed by atoms with van der Waals surface area (Å²) in [6.07, 6.45) is 0. The number of rotatable bonds is 3. The number of anilines is 1. The number of carbonyl (C=O) groups is 1. The van der Waals surface area contributed by atoms with Crippen LogP contribution in [-0.4, -0.2) is 50.1 Å². The van der Waals surface area contributed by atoms with Gasteiger partial charge in [-0.05, 0) is 44.8 Å². The molecule has 1 aliphatic heterocycles. The summed E-state index contributed by atoms with van der Waals surface area (Å²) in [6.45, 7) is 0. The maximum absolute atomic E-state index is 12.2. The van der Waals surface area contributed by atoms with Gasteiger partial charge in [-0.1, -0.05) is 60.7 Å². The van der Waals surface area contributed by atoms with Crippen molar-refractivity contribution in [1.29, 1.82) is 0 Å². The largest absolute Gasteiger partial charge is 0.378 e. The predicted octanol–water partition coefficient (Wildman–Crippen LogP) is 4.90. The Balaban J connectivity index is 1.84. The lowest BCUT2D eigenvalue weighted by Gasteiger charge is -2.28. The van der Waals surface area contributed by atoms with E-state index < -0.39 is 0 Å². The van der Waals surface area contributed by atoms with Crippen LogP contribution in [0.5, 0.6) is 0 Å². The molecular formula is C26H24N5O. The third-order valence-electron chi connectivity index (χ3n) is 5.87. The lowest BCUT2D eigenvalue weighted by atomic mass is 9.88. The highest BCUT2D eigenvalue weighted by Crippen LogP contribution is 2.40. The molecule has 1 radical (unpaired) electrons. The Morgan fingerprint density at radius 1 is 0.688 bits per heavy atom. The summed E-state index contributed by atoms with van der Waals surface area (Å²) in [6, 6.07) is 25.0. The fraction of sp³-hybridized carbons (Fsp3) is 0.154. The lowest BCUT2D eigenvalue weighted by molar-refractivity contribution is 0.155. The van der Waals surface area contributed by atoms with Gasteiger partial charge in [-0.3, -0.25) is 0 Å². The summed E-state index contributed by atoms with van der Waals surface area (Å²) in [4.78, 5) is 14.3. The fourth-order valence-electron chi connectivity index (χ4n) is 4.31. The number of hydrogen-bond acceptors (Lipinski definition) is 3. The van der Waals surface area contributed by atoms with Gasteiger partial charge in [-0.25, -0.2) is 14.8 Å². The molecule has 1 heterocycles. The molecule has 0 N–H and O–H groups in total. The van der Waals surface area contributed by atoms with Gasteiger partial charge in [0.2, 0.25) is 5.84 Å². The van der Waals surface area contributed by atoms with Crippen molar-refractivity contribution in [3.8, 4) is 11.1 Å². The lowest BCUT2D eigenvalue weighted by Crippen LogP contribution is -2.48. The first-order chi connectivity index (χ1) is 15.5. The molecule has 0 bridgehead atoms. The van der Waals surface area contributed by atoms with E-state index in [0.29, 0.717) is 5.84 Å². The Hall–Kier alpha value is -4.06. The summed E-state index contributed by atoms with van der Waals surface area (Å²) < 4.78 is 0. The molecule has 5 rings (SSSR count). The van der Waals surface area contributed by atoms with E-state index in [1.54, 1.807) is 14.1 Å². The smallest absolute Gasteiger partial charge is 0.360 e. The van der Waals surface area contributed by atoms with Gasteiger partial charge in [0, 0.05) is 39.4 Å². The summed E-state index contributed by atoms with van der Waals surface area (Å²) in [5, 5.41) is 11.5. The van der Waals surface area contributed by atoms with E-state index in [2.05, 4.69) is 76.1 Å². The standard InChI is InChI=1S/C26H24N5O/c1-29(2)18-15-13-17(14-16-18)23-19-9-5-7-11-21(19)24(22-12-8-6-10-20(22)23)25-27-30(3)26(32)31(4)28-25/h5-16H,1-4H3. The molecule has 6 heteroatoms. The van der Waals surface area contributed by atoms with Crippen molar-refractivity contribution in [2.45, 2.75) is 0 Å². The van der Waals surface area contributed by atoms with E-state index in [9.17, 15) is 4.79 Å². The van der Waals surface area contributed by atoms with Crippen LogP contribution in [0.4, 0.5) is 10.5 Å². The van der Waals surface area contributed by atoms with Crippen LogP contribution in [0.15, 0.2) is 77.9 Å². The molecule has 159 valence electrons. The first-order valence-electron chi connectivity index (χ1n) is 10.5. The number of urea groups is 1. The molecule has 1 aliphatic rings. The predicted molar refractivity (Wildman–Crippen MR) is 131 cm³/mol. The van der Waals surface area contributed by atoms with Gasteiger partial charge >= 0.3 is 6.03 Å². The number of carbonyl (C=O) groups excluding carboxylic acids is 1. The number of hydrogen-bond donors (Lipinski definition) is 0. The molecular weight excluding hydrogens is 398 g/mol. The number of amides is 2. The van der Waals surface area contributed by atoms with Crippen LogP contribution in [0.25, 0.3) is 32.7 Å². The molecule has 0 atom stereocenters. The van der Waals surface area contributed by atoms with Crippen molar-refractivity contribution in [2.24, 2.45) is 5.10 Å². The fourth-order valence-corrected chi connectivity index (χ4v) is 4.31. The van der Waals surface area contributed by atoms with Crippen molar-refractivity contribution < 1.29 is 4.79 Å². The second kappa shape index (κ2) is 7.57. The number of fused-ring (bicyclic) bond motifs is 2. The first-order valence-corrected chi connectivity index (χ1v) is 10.5. The molecule has 0 aliphatic carbocycles. The SMILES string of the molecule is CN1[N]C(c2c3ccccc3c(-c3ccc(N(C)C)cc3)c3ccccc23)=NN(C)C1=O. The zero-order chi connectivity index (χ0) is 22.4. The summed E-state index contributed by atoms with van der Waals surface area (Å²) in [5.41, 5.74) is 8.92. The molecule has 0 saturated carbocycles. The minimum atomic E-state index is -0.264. The highest BCUT2D eigenvalue weighted by molar-refractivity contribution is 6.25. The third kappa shape index (κ3) is 3.12. The van der Waals surface area contributed by atoms with Gasteiger partial charge in [-0.15, -0.1) is 10.5 Å². The van der Waals surface area contributed by atoms with Crippen LogP contribution in [0, 0.1) is 0 Å². The van der Waals surface area contributed by atoms with Gasteiger partial charge in [0.15, 0.2) is 0 Å². The molecule has 4 aromatic rings. The molecule has 0 aromatic heterocycles. The van der Waals surface area contributed by atoms with Crippen molar-refractivity contribution in [1.82, 2.24) is 15.4 Å². The maximum Gasteiger partial charge on any atom is 0.360 e. The maximum atomic E-state index is 12.2. The molecule has 0 spiro atoms. The zero-order valence-corrected chi connectivity index (χ0v) is 18.6. The summed E-state index contributed by atoms with van der Waals surface area (Å²) in [5.74, 6) is 0.525. The minimum absolute atomic E-state index is 0.264. The molecule has 0 saturated heterocycles. The zero-order valence-electron chi connectivity index (χ0n) is 18.6. The average Bonchev–Trinajstić information content (AvgIpc) is 2.80. The quantitative estimate of drug-likeness (QED) is 0.441. The van der Waals surface area contributed by atoms with Gasteiger partial charge in [0.05, 0.1) is 0 Å². The summed E-state index contributed by atoms with van der Waals surface area (Å²) in [7, 11) is 7.39. The topological polar surface area (TPSA) is 53.3 Å². The number of benzene rings is 4. The van der Waals surface area contributed by atoms with Crippen LogP contribution < -0.4 is 10.3 Å². The average molecular weight is 423 g/mol. The van der Waals surface area contributed by atoms with Crippen LogP contribution >= 0.6 is 0 Å². The van der Waals surface area contributed by atoms with E-state index in [0.717, 1.165) is 38.4 Å². The Labute approximate surface area is 187 Å². The van der Waals surface area contributed by atoms with E-state index in [1.165, 1.54) is 15.6 Å². The number of amidine groups is 1. The molecule has 32 heavy (non-hydrogen) atoms. The Kier molecular flexibility index (Phi) is 4.70. The van der Waals surface area contributed by atoms with Crippen LogP contribution in [0.3, 0.4) is 0 Å². The van der Waals surface area contributed by atoms with E-state index in [-0.39, 0.29) is 6.03 Å². The first kappa shape index (κ1) is 19.9. The van der Waals surface area contributed by atoms with Gasteiger partial charge < -0.3 is 4.90 Å². The van der Waals surface area contributed by atoms with Gasteiger partial charge in [0.25, 0.3) is 0 Å². The van der Waals surface area contributed by atoms with Gasteiger partial charge in [-0.2, -0.15) is 0 Å². The third-order valence-corrected chi connectivity index (χ3v) is 5.87. The second-order valence-corrected chi connectivity index (χ2v) is 8.14. The normalized spacial score (nSPS) is 14.0. The van der Waals surface area contributed by atoms with Crippen molar-refractivity contribution in [3.05, 3.63) is 78.4 Å². The Morgan fingerprint density at radius 2 is 1.19 bits per heavy atom. The molecule has 0 unspecified atom stereocenters. The molecule has 6 nitrogen and oxygen atoms in total. The van der Waals surface area contributed by atoms with E-state index >= 15 is 0 Å². The minimum Gasteiger partial charge on any atom is -0.378 e. The molecule has 4 aromatic carbocycles. The highest BCUT2D eigenvalue weighted by atomic mass is 16.2. The molecule has 2 amide bonds. The van der Waals surface area contributed by atoms with E-state index in [4.69, 9.17) is 0 Å². The van der Waals surface area contributed by atoms with Crippen molar-refractivity contribution >= 4 is 39.1 Å². The molecule has 0 fully saturated rings. The van der Waals surface area contributed by atoms with Crippen LogP contribution in [-0.2, 0) is 0 Å². The summed E-state index contributed by atoms with van der Waals surface area (Å²) >= 11 is 0. The van der Waals surface area contributed by atoms with Crippen molar-refractivity contribution in [3.63, 3.8) is 0 Å². The van der Waals surface area contributed by atoms with Crippen LogP contribution in [0.1, 0.15) is 5.56 Å². The van der Waals surface area contributed by atoms with Crippen LogP contribution in [0.2, 0.25) is 0 Å². The van der Waals surface area contributed by atoms with E-state index in [1.807, 2.05) is 26.2 Å². The Bertz CT molecular complexity index is 1320. The van der Waals surface area contributed by atoms with Gasteiger partial charge in [0.1, 0.15) is 0 Å². The van der Waals surface area contributed by atoms with Crippen molar-refractivity contribution in [2.75, 3.05) is 33.1 Å². The number of nitrogens with zero attached hydrogens (tertiary/aromatic N) is 5. The Morgan fingerprint density at radius 3 is 1.66 bits per heavy atom. The highest BCUT2D eigenvalue weighted by Gasteiger charge is 2.27. The monoisotopic (exact) mass is 422 g/mol. The number of hydrazone groups is 1. The second-order valence-electron chi connectivity index (χ2n) is 8.14.